The van der Waals surface area contributed by atoms with Crippen LogP contribution in [-0.4, -0.2) is 96.6 Å². The number of aliphatic hydroxyl groups excluding tert-OH is 1. The van der Waals surface area contributed by atoms with Gasteiger partial charge in [-0.15, -0.1) is 0 Å². The van der Waals surface area contributed by atoms with Crippen LogP contribution in [0.2, 0.25) is 0 Å². The van der Waals surface area contributed by atoms with Crippen LogP contribution in [0.1, 0.15) is 96.3 Å². The number of urea groups is 2. The lowest BCUT2D eigenvalue weighted by molar-refractivity contribution is -0.0122. The highest BCUT2D eigenvalue weighted by Gasteiger charge is 2.31. The van der Waals surface area contributed by atoms with Crippen molar-refractivity contribution in [2.24, 2.45) is 5.92 Å². The first-order chi connectivity index (χ1) is 21.0. The minimum absolute atomic E-state index is 0.00722. The Balaban J connectivity index is 1.88. The van der Waals surface area contributed by atoms with Crippen LogP contribution in [0.4, 0.5) is 15.3 Å². The van der Waals surface area contributed by atoms with Crippen LogP contribution in [0.15, 0.2) is 18.2 Å². The van der Waals surface area contributed by atoms with Crippen molar-refractivity contribution in [3.05, 3.63) is 23.8 Å². The fourth-order valence-corrected chi connectivity index (χ4v) is 5.77. The molecular weight excluding hydrogens is 562 g/mol. The molecule has 11 nitrogen and oxygen atoms in total. The van der Waals surface area contributed by atoms with Gasteiger partial charge in [0.15, 0.2) is 0 Å². The Hall–Kier alpha value is -3.05. The Morgan fingerprint density at radius 1 is 1.07 bits per heavy atom. The van der Waals surface area contributed by atoms with E-state index in [0.29, 0.717) is 36.7 Å². The Morgan fingerprint density at radius 2 is 1.77 bits per heavy atom. The summed E-state index contributed by atoms with van der Waals surface area (Å²) >= 11 is 0. The zero-order valence-electron chi connectivity index (χ0n) is 27.6. The van der Waals surface area contributed by atoms with Gasteiger partial charge in [-0.2, -0.15) is 0 Å². The molecule has 0 bridgehead atoms. The van der Waals surface area contributed by atoms with Crippen molar-refractivity contribution in [3.63, 3.8) is 0 Å². The maximum Gasteiger partial charge on any atom is 0.319 e. The number of nitrogens with one attached hydrogen (secondary N) is 3. The Kier molecular flexibility index (Phi) is 14.0. The van der Waals surface area contributed by atoms with Crippen LogP contribution in [0.5, 0.6) is 5.75 Å². The van der Waals surface area contributed by atoms with Crippen LogP contribution < -0.4 is 20.7 Å². The van der Waals surface area contributed by atoms with Gasteiger partial charge in [-0.3, -0.25) is 4.79 Å². The van der Waals surface area contributed by atoms with Gasteiger partial charge in [-0.25, -0.2) is 9.59 Å². The minimum atomic E-state index is -0.489. The molecule has 4 N–H and O–H groups in total. The molecule has 0 unspecified atom stereocenters. The van der Waals surface area contributed by atoms with Crippen LogP contribution >= 0.6 is 0 Å². The third kappa shape index (κ3) is 10.8. The first-order valence-electron chi connectivity index (χ1n) is 16.4. The fourth-order valence-electron chi connectivity index (χ4n) is 5.77. The molecule has 0 spiro atoms. The second-order valence-electron chi connectivity index (χ2n) is 12.9. The molecule has 0 radical (unpaired) electrons. The lowest BCUT2D eigenvalue weighted by atomic mass is 9.96. The zero-order chi connectivity index (χ0) is 32.2. The molecule has 0 aromatic heterocycles. The maximum atomic E-state index is 14.3. The van der Waals surface area contributed by atoms with Crippen molar-refractivity contribution in [2.75, 3.05) is 38.7 Å². The summed E-state index contributed by atoms with van der Waals surface area (Å²) < 4.78 is 12.6. The topological polar surface area (TPSA) is 132 Å². The van der Waals surface area contributed by atoms with Crippen molar-refractivity contribution in [3.8, 4) is 5.75 Å². The van der Waals surface area contributed by atoms with Crippen molar-refractivity contribution in [2.45, 2.75) is 116 Å². The van der Waals surface area contributed by atoms with E-state index in [1.807, 2.05) is 27.7 Å². The number of hydrogen-bond acceptors (Lipinski definition) is 6. The number of amides is 5. The molecule has 248 valence electrons. The van der Waals surface area contributed by atoms with E-state index < -0.39 is 6.04 Å². The van der Waals surface area contributed by atoms with Gasteiger partial charge in [-0.1, -0.05) is 26.2 Å². The van der Waals surface area contributed by atoms with Gasteiger partial charge in [0.2, 0.25) is 0 Å². The van der Waals surface area contributed by atoms with Gasteiger partial charge in [0.1, 0.15) is 5.75 Å². The van der Waals surface area contributed by atoms with Gasteiger partial charge >= 0.3 is 12.1 Å². The average molecular weight is 618 g/mol. The summed E-state index contributed by atoms with van der Waals surface area (Å²) in [5, 5.41) is 19.0. The smallest absolute Gasteiger partial charge is 0.319 e. The van der Waals surface area contributed by atoms with Crippen LogP contribution in [0.3, 0.4) is 0 Å². The van der Waals surface area contributed by atoms with E-state index in [1.54, 1.807) is 42.0 Å². The van der Waals surface area contributed by atoms with Crippen LogP contribution in [0, 0.1) is 5.92 Å². The number of likely N-dealkylation sites (N-methyl/N-ethyl adjacent to an activating group) is 1. The molecule has 1 fully saturated rings. The van der Waals surface area contributed by atoms with E-state index in [2.05, 4.69) is 16.0 Å². The summed E-state index contributed by atoms with van der Waals surface area (Å²) in [6.07, 6.45) is 7.36. The molecule has 1 heterocycles. The molecule has 2 aliphatic rings. The number of carbonyl (C=O) groups is 3. The number of rotatable bonds is 7. The molecule has 1 aromatic rings. The average Bonchev–Trinajstić information content (AvgIpc) is 2.98. The summed E-state index contributed by atoms with van der Waals surface area (Å²) in [6.45, 7) is 10.6. The van der Waals surface area contributed by atoms with E-state index in [1.165, 1.54) is 6.42 Å². The largest absolute Gasteiger partial charge is 0.490 e. The quantitative estimate of drug-likeness (QED) is 0.341. The molecule has 3 rings (SSSR count). The van der Waals surface area contributed by atoms with E-state index in [0.717, 1.165) is 44.9 Å². The normalized spacial score (nSPS) is 23.1. The number of hydrogen-bond donors (Lipinski definition) is 4. The van der Waals surface area contributed by atoms with E-state index in [9.17, 15) is 19.5 Å². The maximum absolute atomic E-state index is 14.3. The highest BCUT2D eigenvalue weighted by atomic mass is 16.5. The molecule has 44 heavy (non-hydrogen) atoms. The second kappa shape index (κ2) is 17.4. The first-order valence-corrected chi connectivity index (χ1v) is 16.4. The van der Waals surface area contributed by atoms with Crippen molar-refractivity contribution >= 4 is 23.7 Å². The lowest BCUT2D eigenvalue weighted by Crippen LogP contribution is -2.49. The molecule has 5 amide bonds. The Bertz CT molecular complexity index is 1080. The summed E-state index contributed by atoms with van der Waals surface area (Å²) in [4.78, 5) is 43.0. The van der Waals surface area contributed by atoms with E-state index >= 15 is 0 Å². The highest BCUT2D eigenvalue weighted by molar-refractivity contribution is 5.99. The molecule has 0 saturated heterocycles. The summed E-state index contributed by atoms with van der Waals surface area (Å²) in [7, 11) is 1.74. The third-order valence-electron chi connectivity index (χ3n) is 8.46. The van der Waals surface area contributed by atoms with Gasteiger partial charge in [0.25, 0.3) is 5.91 Å². The molecule has 11 heteroatoms. The SMILES string of the molecule is CC(C)NC(=O)N(C)C[C@H]1OCCCC[C@@H](C)Oc2ccc(NC(=O)NC3CCCCC3)cc2C(=O)N([C@H](C)CO)C[C@@H]1C. The number of nitrogens with zero attached hydrogens (tertiary/aromatic N) is 2. The first kappa shape index (κ1) is 35.4. The highest BCUT2D eigenvalue weighted by Crippen LogP contribution is 2.29. The van der Waals surface area contributed by atoms with Crippen molar-refractivity contribution in [1.82, 2.24) is 20.4 Å². The fraction of sp³-hybridized carbons (Fsp3) is 0.727. The van der Waals surface area contributed by atoms with Gasteiger partial charge in [-0.05, 0) is 78.0 Å². The standard InChI is InChI=1S/C33H55N5O6/c1-22(2)34-33(42)37(6)20-30-23(3)19-38(24(4)21-39)31(40)28-18-27(36-32(41)35-26-13-8-7-9-14-26)15-16-29(28)44-25(5)12-10-11-17-43-30/h15-16,18,22-26,30,39H,7-14,17,19-21H2,1-6H3,(H,34,42)(H2,35,36,41)/t23-,24+,25+,30+/m0/s1. The number of fused-ring (bicyclic) bond motifs is 1. The summed E-state index contributed by atoms with van der Waals surface area (Å²) in [6, 6.07) is 4.36. The predicted molar refractivity (Wildman–Crippen MR) is 172 cm³/mol. The predicted octanol–water partition coefficient (Wildman–Crippen LogP) is 4.99. The van der Waals surface area contributed by atoms with Crippen molar-refractivity contribution < 1.29 is 29.0 Å². The number of anilines is 1. The van der Waals surface area contributed by atoms with Gasteiger partial charge in [0.05, 0.1) is 30.4 Å². The Morgan fingerprint density at radius 3 is 2.45 bits per heavy atom. The van der Waals surface area contributed by atoms with Gasteiger partial charge in [0, 0.05) is 50.4 Å². The van der Waals surface area contributed by atoms with Gasteiger partial charge < -0.3 is 40.3 Å². The summed E-state index contributed by atoms with van der Waals surface area (Å²) in [5.74, 6) is -0.0202. The van der Waals surface area contributed by atoms with E-state index in [4.69, 9.17) is 9.47 Å². The minimum Gasteiger partial charge on any atom is -0.490 e. The van der Waals surface area contributed by atoms with E-state index in [-0.39, 0.29) is 54.8 Å². The van der Waals surface area contributed by atoms with Crippen LogP contribution in [0.25, 0.3) is 0 Å². The number of carbonyl (C=O) groups excluding carboxylic acids is 3. The zero-order valence-corrected chi connectivity index (χ0v) is 27.6. The third-order valence-corrected chi connectivity index (χ3v) is 8.46. The van der Waals surface area contributed by atoms with Crippen LogP contribution in [-0.2, 0) is 4.74 Å². The molecular formula is C33H55N5O6. The number of ether oxygens (including phenoxy) is 2. The monoisotopic (exact) mass is 617 g/mol. The molecule has 1 saturated carbocycles. The Labute approximate surface area is 263 Å². The number of aliphatic hydroxyl groups is 1. The molecule has 4 atom stereocenters. The molecule has 1 aromatic carbocycles. The number of benzene rings is 1. The molecule has 1 aliphatic heterocycles. The van der Waals surface area contributed by atoms with Crippen molar-refractivity contribution in [1.29, 1.82) is 0 Å². The molecule has 1 aliphatic carbocycles. The second-order valence-corrected chi connectivity index (χ2v) is 12.9. The summed E-state index contributed by atoms with van der Waals surface area (Å²) in [5.41, 5.74) is 0.814. The lowest BCUT2D eigenvalue weighted by Gasteiger charge is -2.36.